The number of hydrogen-bond donors (Lipinski definition) is 0. The van der Waals surface area contributed by atoms with Crippen molar-refractivity contribution in [2.45, 2.75) is 19.4 Å². The summed E-state index contributed by atoms with van der Waals surface area (Å²) in [4.78, 5) is 4.88. The largest absolute Gasteiger partial charge is 0.460 e. The Hall–Kier alpha value is -2.30. The Labute approximate surface area is 160 Å². The lowest BCUT2D eigenvalue weighted by Gasteiger charge is -2.36. The van der Waals surface area contributed by atoms with E-state index in [0.717, 1.165) is 50.7 Å². The molecule has 2 aliphatic heterocycles. The first-order valence-electron chi connectivity index (χ1n) is 9.83. The number of likely N-dealkylation sites (N-methyl/N-ethyl adjacent to an activating group) is 1. The molecule has 0 amide bonds. The van der Waals surface area contributed by atoms with E-state index < -0.39 is 0 Å². The van der Waals surface area contributed by atoms with E-state index >= 15 is 0 Å². The van der Waals surface area contributed by atoms with Gasteiger partial charge in [-0.3, -0.25) is 0 Å². The van der Waals surface area contributed by atoms with Gasteiger partial charge in [-0.2, -0.15) is 0 Å². The lowest BCUT2D eigenvalue weighted by atomic mass is 9.85. The number of para-hydroxylation sites is 1. The Bertz CT molecular complexity index is 939. The van der Waals surface area contributed by atoms with Crippen LogP contribution in [0.1, 0.15) is 28.4 Å². The predicted octanol–water partition coefficient (Wildman–Crippen LogP) is 4.16. The minimum Gasteiger partial charge on any atom is -0.460 e. The first kappa shape index (κ1) is 16.8. The quantitative estimate of drug-likeness (QED) is 0.685. The lowest BCUT2D eigenvalue weighted by molar-refractivity contribution is 0.122. The van der Waals surface area contributed by atoms with Gasteiger partial charge in [0.25, 0.3) is 0 Å². The molecule has 2 aliphatic rings. The van der Waals surface area contributed by atoms with Crippen molar-refractivity contribution in [3.05, 3.63) is 64.9 Å². The molecule has 4 nitrogen and oxygen atoms in total. The summed E-state index contributed by atoms with van der Waals surface area (Å²) >= 11 is 0. The van der Waals surface area contributed by atoms with Gasteiger partial charge in [-0.25, -0.2) is 0 Å². The maximum atomic E-state index is 6.25. The first-order valence-corrected chi connectivity index (χ1v) is 9.83. The summed E-state index contributed by atoms with van der Waals surface area (Å²) < 4.78 is 11.8. The van der Waals surface area contributed by atoms with Crippen molar-refractivity contribution in [2.75, 3.05) is 44.8 Å². The van der Waals surface area contributed by atoms with Gasteiger partial charge < -0.3 is 19.0 Å². The zero-order chi connectivity index (χ0) is 18.4. The molecule has 0 bridgehead atoms. The summed E-state index contributed by atoms with van der Waals surface area (Å²) in [5.41, 5.74) is 6.61. The average Bonchev–Trinajstić information content (AvgIpc) is 3.13. The Morgan fingerprint density at radius 3 is 2.67 bits per heavy atom. The van der Waals surface area contributed by atoms with Gasteiger partial charge in [0.1, 0.15) is 11.3 Å². The number of benzene rings is 2. The third kappa shape index (κ3) is 2.93. The second-order valence-electron chi connectivity index (χ2n) is 7.81. The van der Waals surface area contributed by atoms with Crippen LogP contribution in [0.25, 0.3) is 11.0 Å². The summed E-state index contributed by atoms with van der Waals surface area (Å²) in [7, 11) is 2.21. The molecule has 0 saturated carbocycles. The van der Waals surface area contributed by atoms with E-state index in [0.29, 0.717) is 0 Å². The van der Waals surface area contributed by atoms with Gasteiger partial charge >= 0.3 is 0 Å². The fourth-order valence-electron chi connectivity index (χ4n) is 4.61. The van der Waals surface area contributed by atoms with E-state index in [1.54, 1.807) is 0 Å². The highest BCUT2D eigenvalue weighted by Crippen LogP contribution is 2.39. The molecule has 140 valence electrons. The van der Waals surface area contributed by atoms with Crippen LogP contribution in [-0.2, 0) is 11.3 Å². The van der Waals surface area contributed by atoms with Crippen molar-refractivity contribution in [3.8, 4) is 0 Å². The molecule has 5 rings (SSSR count). The Morgan fingerprint density at radius 2 is 1.85 bits per heavy atom. The van der Waals surface area contributed by atoms with Crippen LogP contribution < -0.4 is 4.90 Å². The van der Waals surface area contributed by atoms with E-state index in [2.05, 4.69) is 60.2 Å². The monoisotopic (exact) mass is 362 g/mol. The van der Waals surface area contributed by atoms with Crippen LogP contribution in [0.4, 0.5) is 5.69 Å². The third-order valence-corrected chi connectivity index (χ3v) is 6.04. The number of nitrogens with zero attached hydrogens (tertiary/aromatic N) is 2. The maximum absolute atomic E-state index is 6.25. The Balaban J connectivity index is 1.57. The summed E-state index contributed by atoms with van der Waals surface area (Å²) in [6, 6.07) is 15.1. The number of hydrogen-bond acceptors (Lipinski definition) is 4. The predicted molar refractivity (Wildman–Crippen MR) is 109 cm³/mol. The van der Waals surface area contributed by atoms with Gasteiger partial charge in [0.05, 0.1) is 19.1 Å². The molecule has 0 aliphatic carbocycles. The lowest BCUT2D eigenvalue weighted by Crippen LogP contribution is -2.37. The summed E-state index contributed by atoms with van der Waals surface area (Å²) in [6.07, 6.45) is 0. The fraction of sp³-hybridized carbons (Fsp3) is 0.391. The topological polar surface area (TPSA) is 28.9 Å². The standard InChI is InChI=1S/C23H26N2O2/c1-16-19-14-24(2)15-20(23-13-17-5-3-4-6-22(17)27-23)18(19)7-8-21(16)25-9-11-26-12-10-25/h3-8,13,20H,9-12,14-15H2,1-2H3. The van der Waals surface area contributed by atoms with Crippen LogP contribution in [0, 0.1) is 6.92 Å². The third-order valence-electron chi connectivity index (χ3n) is 6.04. The minimum atomic E-state index is 0.281. The summed E-state index contributed by atoms with van der Waals surface area (Å²) in [6.45, 7) is 7.85. The highest BCUT2D eigenvalue weighted by molar-refractivity contribution is 5.78. The molecule has 0 N–H and O–H groups in total. The highest BCUT2D eigenvalue weighted by Gasteiger charge is 2.30. The fourth-order valence-corrected chi connectivity index (χ4v) is 4.61. The number of anilines is 1. The number of fused-ring (bicyclic) bond motifs is 2. The highest BCUT2D eigenvalue weighted by atomic mass is 16.5. The molecule has 1 fully saturated rings. The molecule has 3 heterocycles. The molecule has 27 heavy (non-hydrogen) atoms. The molecule has 3 aromatic rings. The number of rotatable bonds is 2. The number of ether oxygens (including phenoxy) is 1. The minimum absolute atomic E-state index is 0.281. The van der Waals surface area contributed by atoms with Gasteiger partial charge in [0, 0.05) is 37.3 Å². The van der Waals surface area contributed by atoms with Crippen LogP contribution >= 0.6 is 0 Å². The second-order valence-corrected chi connectivity index (χ2v) is 7.81. The van der Waals surface area contributed by atoms with Gasteiger partial charge in [0.15, 0.2) is 0 Å². The number of morpholine rings is 1. The number of furan rings is 1. The zero-order valence-electron chi connectivity index (χ0n) is 16.1. The summed E-state index contributed by atoms with van der Waals surface area (Å²) in [5.74, 6) is 1.35. The van der Waals surface area contributed by atoms with Crippen LogP contribution in [0.15, 0.2) is 46.9 Å². The van der Waals surface area contributed by atoms with Gasteiger partial charge in [-0.1, -0.05) is 24.3 Å². The normalized spacial score (nSPS) is 20.8. The molecule has 1 atom stereocenters. The van der Waals surface area contributed by atoms with Gasteiger partial charge in [0.2, 0.25) is 0 Å². The Kier molecular flexibility index (Phi) is 4.18. The van der Waals surface area contributed by atoms with Gasteiger partial charge in [-0.05, 0) is 48.9 Å². The molecule has 1 saturated heterocycles. The first-order chi connectivity index (χ1) is 13.2. The van der Waals surface area contributed by atoms with Crippen molar-refractivity contribution in [2.24, 2.45) is 0 Å². The van der Waals surface area contributed by atoms with Crippen molar-refractivity contribution in [3.63, 3.8) is 0 Å². The molecular formula is C23H26N2O2. The van der Waals surface area contributed by atoms with Crippen LogP contribution in [0.5, 0.6) is 0 Å². The SMILES string of the molecule is Cc1c(N2CCOCC2)ccc2c1CN(C)CC2c1cc2ccccc2o1. The van der Waals surface area contributed by atoms with Crippen molar-refractivity contribution >= 4 is 16.7 Å². The molecule has 0 spiro atoms. The van der Waals surface area contributed by atoms with Crippen LogP contribution in [0.2, 0.25) is 0 Å². The smallest absolute Gasteiger partial charge is 0.134 e. The van der Waals surface area contributed by atoms with Crippen molar-refractivity contribution in [1.29, 1.82) is 0 Å². The van der Waals surface area contributed by atoms with Crippen molar-refractivity contribution in [1.82, 2.24) is 4.90 Å². The molecule has 2 aromatic carbocycles. The van der Waals surface area contributed by atoms with Gasteiger partial charge in [-0.15, -0.1) is 0 Å². The van der Waals surface area contributed by atoms with E-state index in [9.17, 15) is 0 Å². The second kappa shape index (κ2) is 6.70. The summed E-state index contributed by atoms with van der Waals surface area (Å²) in [5, 5.41) is 1.18. The van der Waals surface area contributed by atoms with E-state index in [1.165, 1.54) is 27.8 Å². The van der Waals surface area contributed by atoms with E-state index in [1.807, 2.05) is 6.07 Å². The molecule has 0 radical (unpaired) electrons. The van der Waals surface area contributed by atoms with E-state index in [4.69, 9.17) is 9.15 Å². The molecular weight excluding hydrogens is 336 g/mol. The van der Waals surface area contributed by atoms with Crippen LogP contribution in [0.3, 0.4) is 0 Å². The maximum Gasteiger partial charge on any atom is 0.134 e. The molecule has 1 aromatic heterocycles. The average molecular weight is 362 g/mol. The van der Waals surface area contributed by atoms with Crippen LogP contribution in [-0.4, -0.2) is 44.8 Å². The van der Waals surface area contributed by atoms with Crippen molar-refractivity contribution < 1.29 is 9.15 Å². The zero-order valence-corrected chi connectivity index (χ0v) is 16.1. The molecule has 1 unspecified atom stereocenters. The molecule has 4 heteroatoms. The Morgan fingerprint density at radius 1 is 1.04 bits per heavy atom. The van der Waals surface area contributed by atoms with E-state index in [-0.39, 0.29) is 5.92 Å².